The van der Waals surface area contributed by atoms with Gasteiger partial charge in [0.25, 0.3) is 5.91 Å². The van der Waals surface area contributed by atoms with Gasteiger partial charge in [-0.05, 0) is 30.5 Å². The molecule has 142 valence electrons. The number of nitrogens with zero attached hydrogens (tertiary/aromatic N) is 1. The summed E-state index contributed by atoms with van der Waals surface area (Å²) < 4.78 is 29.6. The van der Waals surface area contributed by atoms with E-state index < -0.39 is 6.61 Å². The molecule has 0 spiro atoms. The number of hydrogen-bond donors (Lipinski definition) is 0. The molecule has 0 aliphatic carbocycles. The summed E-state index contributed by atoms with van der Waals surface area (Å²) in [5.74, 6) is -0.680. The van der Waals surface area contributed by atoms with E-state index in [9.17, 15) is 18.4 Å². The molecule has 0 bridgehead atoms. The molecule has 0 aromatic heterocycles. The van der Waals surface area contributed by atoms with Crippen LogP contribution in [0.5, 0.6) is 5.75 Å². The van der Waals surface area contributed by atoms with E-state index in [1.165, 1.54) is 18.2 Å². The predicted octanol–water partition coefficient (Wildman–Crippen LogP) is 3.95. The SMILES string of the molecule is O=C(Cc1ccccc1)[C@H]1CCCN(C(=O)c2ccccc2OC(F)F)C1. The molecular formula is C21H21F2NO3. The van der Waals surface area contributed by atoms with Gasteiger partial charge >= 0.3 is 6.61 Å². The van der Waals surface area contributed by atoms with Crippen molar-refractivity contribution in [3.8, 4) is 5.75 Å². The Bertz CT molecular complexity index is 795. The minimum atomic E-state index is -3.00. The molecule has 0 radical (unpaired) electrons. The lowest BCUT2D eigenvalue weighted by Gasteiger charge is -2.32. The molecule has 1 heterocycles. The van der Waals surface area contributed by atoms with Crippen LogP contribution < -0.4 is 4.74 Å². The number of ether oxygens (including phenoxy) is 1. The van der Waals surface area contributed by atoms with Crippen LogP contribution in [0, 0.1) is 5.92 Å². The maximum absolute atomic E-state index is 12.8. The van der Waals surface area contributed by atoms with Crippen LogP contribution in [-0.4, -0.2) is 36.3 Å². The number of likely N-dealkylation sites (tertiary alicyclic amines) is 1. The van der Waals surface area contributed by atoms with Gasteiger partial charge in [0.1, 0.15) is 11.5 Å². The van der Waals surface area contributed by atoms with Gasteiger partial charge in [-0.3, -0.25) is 9.59 Å². The standard InChI is InChI=1S/C21H21F2NO3/c22-21(23)27-19-11-5-4-10-17(19)20(26)24-12-6-9-16(14-24)18(25)13-15-7-2-1-3-8-15/h1-5,7-8,10-11,16,21H,6,9,12-14H2/t16-/m0/s1. The Morgan fingerprint density at radius 2 is 1.78 bits per heavy atom. The van der Waals surface area contributed by atoms with Gasteiger partial charge in [-0.1, -0.05) is 42.5 Å². The van der Waals surface area contributed by atoms with E-state index in [0.29, 0.717) is 25.9 Å². The van der Waals surface area contributed by atoms with Crippen LogP contribution in [0.1, 0.15) is 28.8 Å². The molecule has 4 nitrogen and oxygen atoms in total. The molecule has 2 aromatic rings. The monoisotopic (exact) mass is 373 g/mol. The normalized spacial score (nSPS) is 17.0. The first-order valence-electron chi connectivity index (χ1n) is 8.94. The Balaban J connectivity index is 1.69. The van der Waals surface area contributed by atoms with E-state index in [0.717, 1.165) is 12.0 Å². The number of para-hydroxylation sites is 1. The fourth-order valence-corrected chi connectivity index (χ4v) is 3.38. The Morgan fingerprint density at radius 1 is 1.07 bits per heavy atom. The zero-order valence-corrected chi connectivity index (χ0v) is 14.8. The third kappa shape index (κ3) is 4.90. The topological polar surface area (TPSA) is 46.6 Å². The third-order valence-electron chi connectivity index (χ3n) is 4.72. The molecule has 1 amide bonds. The number of Topliss-reactive ketones (excluding diaryl/α,β-unsaturated/α-hetero) is 1. The molecular weight excluding hydrogens is 352 g/mol. The summed E-state index contributed by atoms with van der Waals surface area (Å²) in [6.45, 7) is -2.20. The fourth-order valence-electron chi connectivity index (χ4n) is 3.38. The van der Waals surface area contributed by atoms with Crippen LogP contribution in [-0.2, 0) is 11.2 Å². The number of carbonyl (C=O) groups is 2. The molecule has 0 N–H and O–H groups in total. The molecule has 1 atom stereocenters. The summed E-state index contributed by atoms with van der Waals surface area (Å²) in [5, 5.41) is 0. The van der Waals surface area contributed by atoms with Crippen LogP contribution in [0.2, 0.25) is 0 Å². The maximum Gasteiger partial charge on any atom is 0.387 e. The first kappa shape index (κ1) is 19.0. The number of rotatable bonds is 6. The second-order valence-corrected chi connectivity index (χ2v) is 6.59. The molecule has 1 aliphatic heterocycles. The molecule has 1 aliphatic rings. The first-order chi connectivity index (χ1) is 13.0. The Labute approximate surface area is 156 Å². The van der Waals surface area contributed by atoms with Crippen molar-refractivity contribution in [2.45, 2.75) is 25.9 Å². The number of carbonyl (C=O) groups excluding carboxylic acids is 2. The highest BCUT2D eigenvalue weighted by Gasteiger charge is 2.30. The second kappa shape index (κ2) is 8.75. The summed E-state index contributed by atoms with van der Waals surface area (Å²) in [5.41, 5.74) is 1.04. The summed E-state index contributed by atoms with van der Waals surface area (Å²) in [4.78, 5) is 27.0. The summed E-state index contributed by atoms with van der Waals surface area (Å²) in [6.07, 6.45) is 1.76. The molecule has 0 unspecified atom stereocenters. The van der Waals surface area contributed by atoms with Crippen LogP contribution >= 0.6 is 0 Å². The molecule has 0 saturated carbocycles. The Hall–Kier alpha value is -2.76. The highest BCUT2D eigenvalue weighted by molar-refractivity contribution is 5.97. The second-order valence-electron chi connectivity index (χ2n) is 6.59. The van der Waals surface area contributed by atoms with E-state index in [1.54, 1.807) is 11.0 Å². The van der Waals surface area contributed by atoms with Gasteiger partial charge in [-0.2, -0.15) is 8.78 Å². The number of hydrogen-bond acceptors (Lipinski definition) is 3. The lowest BCUT2D eigenvalue weighted by Crippen LogP contribution is -2.42. The average molecular weight is 373 g/mol. The van der Waals surface area contributed by atoms with Crippen molar-refractivity contribution in [1.29, 1.82) is 0 Å². The smallest absolute Gasteiger partial charge is 0.387 e. The van der Waals surface area contributed by atoms with Gasteiger partial charge < -0.3 is 9.64 Å². The predicted molar refractivity (Wildman–Crippen MR) is 96.9 cm³/mol. The van der Waals surface area contributed by atoms with Crippen LogP contribution in [0.25, 0.3) is 0 Å². The quantitative estimate of drug-likeness (QED) is 0.770. The highest BCUT2D eigenvalue weighted by atomic mass is 19.3. The van der Waals surface area contributed by atoms with E-state index in [-0.39, 0.29) is 28.9 Å². The maximum atomic E-state index is 12.8. The van der Waals surface area contributed by atoms with E-state index >= 15 is 0 Å². The summed E-state index contributed by atoms with van der Waals surface area (Å²) in [6, 6.07) is 15.4. The highest BCUT2D eigenvalue weighted by Crippen LogP contribution is 2.25. The molecule has 1 saturated heterocycles. The molecule has 1 fully saturated rings. The lowest BCUT2D eigenvalue weighted by molar-refractivity contribution is -0.123. The van der Waals surface area contributed by atoms with Crippen molar-refractivity contribution in [3.63, 3.8) is 0 Å². The Morgan fingerprint density at radius 3 is 2.52 bits per heavy atom. The van der Waals surface area contributed by atoms with Gasteiger partial charge in [0.2, 0.25) is 0 Å². The van der Waals surface area contributed by atoms with Gasteiger partial charge in [-0.25, -0.2) is 0 Å². The summed E-state index contributed by atoms with van der Waals surface area (Å²) >= 11 is 0. The van der Waals surface area contributed by atoms with Crippen LogP contribution in [0.4, 0.5) is 8.78 Å². The number of halogens is 2. The van der Waals surface area contributed by atoms with E-state index in [2.05, 4.69) is 4.74 Å². The molecule has 2 aromatic carbocycles. The third-order valence-corrected chi connectivity index (χ3v) is 4.72. The van der Waals surface area contributed by atoms with E-state index in [4.69, 9.17) is 0 Å². The molecule has 3 rings (SSSR count). The minimum Gasteiger partial charge on any atom is -0.434 e. The lowest BCUT2D eigenvalue weighted by atomic mass is 9.90. The van der Waals surface area contributed by atoms with Crippen molar-refractivity contribution in [1.82, 2.24) is 4.90 Å². The fraction of sp³-hybridized carbons (Fsp3) is 0.333. The number of amides is 1. The first-order valence-corrected chi connectivity index (χ1v) is 8.94. The summed E-state index contributed by atoms with van der Waals surface area (Å²) in [7, 11) is 0. The number of piperidine rings is 1. The van der Waals surface area contributed by atoms with Crippen molar-refractivity contribution in [3.05, 3.63) is 65.7 Å². The minimum absolute atomic E-state index is 0.0916. The molecule has 6 heteroatoms. The van der Waals surface area contributed by atoms with Gasteiger partial charge in [0.05, 0.1) is 5.56 Å². The van der Waals surface area contributed by atoms with Gasteiger partial charge in [0.15, 0.2) is 0 Å². The zero-order valence-electron chi connectivity index (χ0n) is 14.8. The van der Waals surface area contributed by atoms with Crippen molar-refractivity contribution in [2.24, 2.45) is 5.92 Å². The number of ketones is 1. The largest absolute Gasteiger partial charge is 0.434 e. The van der Waals surface area contributed by atoms with Crippen molar-refractivity contribution in [2.75, 3.05) is 13.1 Å². The Kier molecular flexibility index (Phi) is 6.16. The van der Waals surface area contributed by atoms with Crippen LogP contribution in [0.3, 0.4) is 0 Å². The van der Waals surface area contributed by atoms with Crippen LogP contribution in [0.15, 0.2) is 54.6 Å². The number of alkyl halides is 2. The zero-order chi connectivity index (χ0) is 19.2. The van der Waals surface area contributed by atoms with E-state index in [1.807, 2.05) is 30.3 Å². The number of benzene rings is 2. The van der Waals surface area contributed by atoms with Crippen molar-refractivity contribution >= 4 is 11.7 Å². The molecule has 27 heavy (non-hydrogen) atoms. The van der Waals surface area contributed by atoms with Gasteiger partial charge in [-0.15, -0.1) is 0 Å². The van der Waals surface area contributed by atoms with Crippen molar-refractivity contribution < 1.29 is 23.1 Å². The average Bonchev–Trinajstić information content (AvgIpc) is 2.68. The van der Waals surface area contributed by atoms with Gasteiger partial charge in [0, 0.05) is 25.4 Å².